The molecule has 1 atom stereocenters. The molecule has 0 aliphatic carbocycles. The molecule has 1 N–H and O–H groups in total. The normalized spacial score (nSPS) is 17.2. The van der Waals surface area contributed by atoms with Crippen molar-refractivity contribution in [3.8, 4) is 5.75 Å². The number of carbonyl (C=O) groups is 1. The van der Waals surface area contributed by atoms with Crippen LogP contribution >= 0.6 is 11.3 Å². The first-order valence-electron chi connectivity index (χ1n) is 7.73. The van der Waals surface area contributed by atoms with Crippen LogP contribution in [0.5, 0.6) is 5.75 Å². The quantitative estimate of drug-likeness (QED) is 0.880. The van der Waals surface area contributed by atoms with E-state index in [1.54, 1.807) is 12.1 Å². The molecule has 1 aliphatic heterocycles. The van der Waals surface area contributed by atoms with E-state index in [1.807, 2.05) is 19.1 Å². The fourth-order valence-electron chi connectivity index (χ4n) is 2.35. The average molecular weight is 333 g/mol. The van der Waals surface area contributed by atoms with Gasteiger partial charge in [0.2, 0.25) is 5.13 Å². The number of aryl methyl sites for hydroxylation is 1. The number of para-hydroxylation sites is 1. The van der Waals surface area contributed by atoms with Crippen LogP contribution < -0.4 is 10.1 Å². The Morgan fingerprint density at radius 3 is 3.04 bits per heavy atom. The molecule has 0 radical (unpaired) electrons. The van der Waals surface area contributed by atoms with Gasteiger partial charge in [0.1, 0.15) is 17.4 Å². The third-order valence-corrected chi connectivity index (χ3v) is 4.55. The van der Waals surface area contributed by atoms with Gasteiger partial charge >= 0.3 is 0 Å². The second-order valence-corrected chi connectivity index (χ2v) is 6.31. The molecule has 2 heterocycles. The van der Waals surface area contributed by atoms with Gasteiger partial charge in [-0.2, -0.15) is 0 Å². The highest BCUT2D eigenvalue weighted by Crippen LogP contribution is 2.23. The molecule has 122 valence electrons. The minimum absolute atomic E-state index is 0.112. The summed E-state index contributed by atoms with van der Waals surface area (Å²) in [6.45, 7) is 3.25. The van der Waals surface area contributed by atoms with Gasteiger partial charge in [-0.25, -0.2) is 0 Å². The van der Waals surface area contributed by atoms with Gasteiger partial charge in [-0.1, -0.05) is 30.4 Å². The number of amides is 1. The molecule has 0 unspecified atom stereocenters. The maximum Gasteiger partial charge on any atom is 0.261 e. The molecule has 7 heteroatoms. The third kappa shape index (κ3) is 4.05. The van der Waals surface area contributed by atoms with Crippen molar-refractivity contribution in [2.45, 2.75) is 32.3 Å². The first-order valence-corrected chi connectivity index (χ1v) is 8.55. The first-order chi connectivity index (χ1) is 11.3. The van der Waals surface area contributed by atoms with E-state index >= 15 is 0 Å². The summed E-state index contributed by atoms with van der Waals surface area (Å²) in [4.78, 5) is 12.4. The zero-order chi connectivity index (χ0) is 16.1. The van der Waals surface area contributed by atoms with Crippen molar-refractivity contribution in [3.63, 3.8) is 0 Å². The molecule has 2 aromatic rings. The summed E-state index contributed by atoms with van der Waals surface area (Å²) in [5.74, 6) is 0.312. The molecule has 0 spiro atoms. The van der Waals surface area contributed by atoms with Crippen LogP contribution in [0, 0.1) is 0 Å². The largest absolute Gasteiger partial charge is 0.490 e. The summed E-state index contributed by atoms with van der Waals surface area (Å²) >= 11 is 1.38. The van der Waals surface area contributed by atoms with Crippen molar-refractivity contribution in [1.29, 1.82) is 0 Å². The van der Waals surface area contributed by atoms with Gasteiger partial charge < -0.3 is 9.47 Å². The summed E-state index contributed by atoms with van der Waals surface area (Å²) in [5.41, 5.74) is 0.485. The average Bonchev–Trinajstić information content (AvgIpc) is 3.24. The highest BCUT2D eigenvalue weighted by atomic mass is 32.1. The summed E-state index contributed by atoms with van der Waals surface area (Å²) in [7, 11) is 0. The van der Waals surface area contributed by atoms with Crippen LogP contribution in [-0.2, 0) is 11.2 Å². The number of hydrogen-bond donors (Lipinski definition) is 1. The van der Waals surface area contributed by atoms with Gasteiger partial charge in [0, 0.05) is 6.61 Å². The van der Waals surface area contributed by atoms with E-state index in [0.717, 1.165) is 30.9 Å². The summed E-state index contributed by atoms with van der Waals surface area (Å²) in [6.07, 6.45) is 2.97. The Labute approximate surface area is 138 Å². The number of carbonyl (C=O) groups excluding carboxylic acids is 1. The van der Waals surface area contributed by atoms with Gasteiger partial charge in [0.15, 0.2) is 0 Å². The third-order valence-electron chi connectivity index (χ3n) is 3.57. The summed E-state index contributed by atoms with van der Waals surface area (Å²) in [5, 5.41) is 12.1. The molecule has 0 saturated carbocycles. The van der Waals surface area contributed by atoms with E-state index in [2.05, 4.69) is 15.5 Å². The highest BCUT2D eigenvalue weighted by molar-refractivity contribution is 7.15. The van der Waals surface area contributed by atoms with E-state index in [0.29, 0.717) is 23.1 Å². The molecular formula is C16H19N3O3S. The van der Waals surface area contributed by atoms with Crippen molar-refractivity contribution < 1.29 is 14.3 Å². The maximum atomic E-state index is 12.4. The van der Waals surface area contributed by atoms with Gasteiger partial charge in [-0.05, 0) is 31.4 Å². The zero-order valence-corrected chi connectivity index (χ0v) is 13.8. The van der Waals surface area contributed by atoms with Gasteiger partial charge in [-0.3, -0.25) is 10.1 Å². The van der Waals surface area contributed by atoms with Gasteiger partial charge in [0.25, 0.3) is 5.91 Å². The predicted octanol–water partition coefficient (Wildman–Crippen LogP) is 2.91. The minimum Gasteiger partial charge on any atom is -0.490 e. The smallest absolute Gasteiger partial charge is 0.261 e. The number of ether oxygens (including phenoxy) is 2. The van der Waals surface area contributed by atoms with Crippen LogP contribution in [0.3, 0.4) is 0 Å². The molecule has 1 amide bonds. The Hall–Kier alpha value is -1.99. The fourth-order valence-corrected chi connectivity index (χ4v) is 3.02. The lowest BCUT2D eigenvalue weighted by Gasteiger charge is -2.14. The molecule has 0 bridgehead atoms. The molecule has 1 fully saturated rings. The van der Waals surface area contributed by atoms with Crippen molar-refractivity contribution in [2.24, 2.45) is 0 Å². The number of benzene rings is 1. The molecule has 1 aromatic carbocycles. The molecule has 1 aliphatic rings. The Morgan fingerprint density at radius 1 is 1.43 bits per heavy atom. The predicted molar refractivity (Wildman–Crippen MR) is 88.2 cm³/mol. The van der Waals surface area contributed by atoms with Crippen molar-refractivity contribution in [3.05, 3.63) is 34.8 Å². The van der Waals surface area contributed by atoms with Crippen LogP contribution in [0.4, 0.5) is 5.13 Å². The lowest BCUT2D eigenvalue weighted by molar-refractivity contribution is 0.0673. The Kier molecular flexibility index (Phi) is 5.19. The van der Waals surface area contributed by atoms with Crippen LogP contribution in [0.1, 0.15) is 35.1 Å². The van der Waals surface area contributed by atoms with Crippen molar-refractivity contribution >= 4 is 22.4 Å². The zero-order valence-electron chi connectivity index (χ0n) is 12.9. The minimum atomic E-state index is -0.244. The van der Waals surface area contributed by atoms with Gasteiger partial charge in [0.05, 0.1) is 11.7 Å². The lowest BCUT2D eigenvalue weighted by Crippen LogP contribution is -2.19. The summed E-state index contributed by atoms with van der Waals surface area (Å²) in [6, 6.07) is 7.19. The van der Waals surface area contributed by atoms with Crippen LogP contribution in [-0.4, -0.2) is 35.4 Å². The molecule has 23 heavy (non-hydrogen) atoms. The topological polar surface area (TPSA) is 73.3 Å². The Balaban J connectivity index is 1.66. The van der Waals surface area contributed by atoms with Gasteiger partial charge in [-0.15, -0.1) is 10.2 Å². The second kappa shape index (κ2) is 7.52. The van der Waals surface area contributed by atoms with E-state index in [9.17, 15) is 4.79 Å². The van der Waals surface area contributed by atoms with Crippen LogP contribution in [0.25, 0.3) is 0 Å². The fraction of sp³-hybridized carbons (Fsp3) is 0.438. The number of aromatic nitrogens is 2. The first kappa shape index (κ1) is 15.9. The number of nitrogens with zero attached hydrogens (tertiary/aromatic N) is 2. The second-order valence-electron chi connectivity index (χ2n) is 5.25. The molecule has 6 nitrogen and oxygen atoms in total. The van der Waals surface area contributed by atoms with Crippen molar-refractivity contribution in [2.75, 3.05) is 18.5 Å². The maximum absolute atomic E-state index is 12.4. The lowest BCUT2D eigenvalue weighted by atomic mass is 10.2. The van der Waals surface area contributed by atoms with Crippen LogP contribution in [0.2, 0.25) is 0 Å². The molecular weight excluding hydrogens is 314 g/mol. The van der Waals surface area contributed by atoms with Crippen molar-refractivity contribution in [1.82, 2.24) is 10.2 Å². The Morgan fingerprint density at radius 2 is 2.30 bits per heavy atom. The summed E-state index contributed by atoms with van der Waals surface area (Å²) < 4.78 is 11.3. The molecule has 3 rings (SSSR count). The van der Waals surface area contributed by atoms with E-state index in [1.165, 1.54) is 11.3 Å². The molecule has 1 aromatic heterocycles. The van der Waals surface area contributed by atoms with E-state index in [4.69, 9.17) is 9.47 Å². The van der Waals surface area contributed by atoms with E-state index in [-0.39, 0.29) is 12.0 Å². The monoisotopic (exact) mass is 333 g/mol. The SMILES string of the molecule is CCc1nnc(NC(=O)c2ccccc2OC[C@H]2CCCO2)s1. The number of nitrogens with one attached hydrogen (secondary N) is 1. The van der Waals surface area contributed by atoms with E-state index < -0.39 is 0 Å². The number of rotatable bonds is 6. The molecule has 1 saturated heterocycles. The number of anilines is 1. The standard InChI is InChI=1S/C16H19N3O3S/c1-2-14-18-19-16(23-14)17-15(20)12-7-3-4-8-13(12)22-10-11-6-5-9-21-11/h3-4,7-8,11H,2,5-6,9-10H2,1H3,(H,17,19,20)/t11-/m1/s1. The van der Waals surface area contributed by atoms with Crippen LogP contribution in [0.15, 0.2) is 24.3 Å². The Bertz CT molecular complexity index is 668. The highest BCUT2D eigenvalue weighted by Gasteiger charge is 2.19. The number of hydrogen-bond acceptors (Lipinski definition) is 6.